The Labute approximate surface area is 152 Å². The van der Waals surface area contributed by atoms with Gasteiger partial charge in [0.2, 0.25) is 5.95 Å². The fourth-order valence-electron chi connectivity index (χ4n) is 2.88. The van der Waals surface area contributed by atoms with Crippen LogP contribution in [-0.4, -0.2) is 62.0 Å². The van der Waals surface area contributed by atoms with Gasteiger partial charge in [0.1, 0.15) is 11.4 Å². The van der Waals surface area contributed by atoms with Crippen LogP contribution in [0, 0.1) is 0 Å². The Morgan fingerprint density at radius 2 is 2.00 bits per heavy atom. The molecule has 1 atom stereocenters. The summed E-state index contributed by atoms with van der Waals surface area (Å²) in [5.41, 5.74) is 5.37. The average Bonchev–Trinajstić information content (AvgIpc) is 3.07. The van der Waals surface area contributed by atoms with Gasteiger partial charge in [-0.3, -0.25) is 0 Å². The summed E-state index contributed by atoms with van der Waals surface area (Å²) in [6.07, 6.45) is 3.19. The first-order valence-corrected chi connectivity index (χ1v) is 8.62. The molecule has 1 aliphatic rings. The minimum absolute atomic E-state index is 0.0112. The van der Waals surface area contributed by atoms with Gasteiger partial charge in [-0.1, -0.05) is 0 Å². The third-order valence-electron chi connectivity index (χ3n) is 4.04. The first kappa shape index (κ1) is 18.0. The van der Waals surface area contributed by atoms with Crippen molar-refractivity contribution in [1.29, 1.82) is 0 Å². The maximum atomic E-state index is 12.4. The number of anilines is 2. The molecule has 0 bridgehead atoms. The molecule has 9 heteroatoms. The lowest BCUT2D eigenvalue weighted by molar-refractivity contribution is 0.0158. The molecule has 0 spiro atoms. The lowest BCUT2D eigenvalue weighted by atomic mass is 10.2. The molecule has 0 aliphatic carbocycles. The molecule has 0 saturated carbocycles. The topological polar surface area (TPSA) is 102 Å². The van der Waals surface area contributed by atoms with Gasteiger partial charge in [0.05, 0.1) is 0 Å². The second-order valence-corrected chi connectivity index (χ2v) is 7.36. The number of nitrogens with two attached hydrogens (primary N) is 1. The van der Waals surface area contributed by atoms with Crippen molar-refractivity contribution in [3.63, 3.8) is 0 Å². The second-order valence-electron chi connectivity index (χ2n) is 7.36. The van der Waals surface area contributed by atoms with Crippen LogP contribution in [0.25, 0.3) is 5.82 Å². The SMILES string of the molecule is C[C@@H]1CN(c2cc(-n3cccn3)nc(N)n2)CCN1C(=O)OC(C)(C)C. The molecule has 26 heavy (non-hydrogen) atoms. The summed E-state index contributed by atoms with van der Waals surface area (Å²) < 4.78 is 7.13. The summed E-state index contributed by atoms with van der Waals surface area (Å²) in [6.45, 7) is 9.42. The highest BCUT2D eigenvalue weighted by Gasteiger charge is 2.31. The van der Waals surface area contributed by atoms with Crippen molar-refractivity contribution in [3.05, 3.63) is 24.5 Å². The zero-order valence-corrected chi connectivity index (χ0v) is 15.6. The molecule has 3 rings (SSSR count). The minimum atomic E-state index is -0.506. The van der Waals surface area contributed by atoms with Gasteiger partial charge in [-0.25, -0.2) is 9.48 Å². The summed E-state index contributed by atoms with van der Waals surface area (Å²) in [5.74, 6) is 1.52. The lowest BCUT2D eigenvalue weighted by Crippen LogP contribution is -2.55. The van der Waals surface area contributed by atoms with Gasteiger partial charge in [-0.2, -0.15) is 15.1 Å². The van der Waals surface area contributed by atoms with Crippen molar-refractivity contribution >= 4 is 17.9 Å². The minimum Gasteiger partial charge on any atom is -0.444 e. The van der Waals surface area contributed by atoms with Crippen LogP contribution in [0.15, 0.2) is 24.5 Å². The Bertz CT molecular complexity index is 770. The van der Waals surface area contributed by atoms with Crippen LogP contribution in [0.5, 0.6) is 0 Å². The standard InChI is InChI=1S/C17H25N7O2/c1-12-11-22(8-9-23(12)16(25)26-17(2,3)4)13-10-14(21-15(18)20-13)24-7-5-6-19-24/h5-7,10,12H,8-9,11H2,1-4H3,(H2,18,20,21)/t12-/m1/s1. The van der Waals surface area contributed by atoms with E-state index in [2.05, 4.69) is 20.0 Å². The van der Waals surface area contributed by atoms with E-state index in [9.17, 15) is 4.79 Å². The van der Waals surface area contributed by atoms with E-state index in [0.29, 0.717) is 25.5 Å². The number of amides is 1. The van der Waals surface area contributed by atoms with Crippen LogP contribution in [0.3, 0.4) is 0 Å². The van der Waals surface area contributed by atoms with Crippen molar-refractivity contribution in [2.24, 2.45) is 0 Å². The van der Waals surface area contributed by atoms with E-state index in [0.717, 1.165) is 5.82 Å². The van der Waals surface area contributed by atoms with Crippen molar-refractivity contribution in [2.75, 3.05) is 30.3 Å². The van der Waals surface area contributed by atoms with Crippen LogP contribution in [-0.2, 0) is 4.74 Å². The van der Waals surface area contributed by atoms with Crippen LogP contribution >= 0.6 is 0 Å². The molecule has 0 radical (unpaired) electrons. The summed E-state index contributed by atoms with van der Waals surface area (Å²) in [6, 6.07) is 3.65. The average molecular weight is 359 g/mol. The van der Waals surface area contributed by atoms with Crippen LogP contribution < -0.4 is 10.6 Å². The van der Waals surface area contributed by atoms with E-state index in [1.54, 1.807) is 22.0 Å². The molecule has 1 amide bonds. The highest BCUT2D eigenvalue weighted by atomic mass is 16.6. The molecule has 1 aliphatic heterocycles. The first-order chi connectivity index (χ1) is 12.2. The predicted octanol–water partition coefficient (Wildman–Crippen LogP) is 1.69. The zero-order valence-electron chi connectivity index (χ0n) is 15.6. The maximum Gasteiger partial charge on any atom is 0.410 e. The lowest BCUT2D eigenvalue weighted by Gasteiger charge is -2.40. The van der Waals surface area contributed by atoms with Crippen LogP contribution in [0.2, 0.25) is 0 Å². The highest BCUT2D eigenvalue weighted by Crippen LogP contribution is 2.21. The number of hydrogen-bond donors (Lipinski definition) is 1. The molecule has 3 heterocycles. The van der Waals surface area contributed by atoms with Crippen LogP contribution in [0.4, 0.5) is 16.6 Å². The Kier molecular flexibility index (Phi) is 4.71. The number of nitrogen functional groups attached to an aromatic ring is 1. The van der Waals surface area contributed by atoms with E-state index in [1.165, 1.54) is 0 Å². The number of carbonyl (C=O) groups excluding carboxylic acids is 1. The van der Waals surface area contributed by atoms with Crippen molar-refractivity contribution in [1.82, 2.24) is 24.6 Å². The van der Waals surface area contributed by atoms with E-state index in [-0.39, 0.29) is 18.1 Å². The summed E-state index contributed by atoms with van der Waals surface area (Å²) in [7, 11) is 0. The number of aromatic nitrogens is 4. The van der Waals surface area contributed by atoms with Gasteiger partial charge in [0.25, 0.3) is 0 Å². The van der Waals surface area contributed by atoms with Gasteiger partial charge < -0.3 is 20.3 Å². The summed E-state index contributed by atoms with van der Waals surface area (Å²) in [5, 5.41) is 4.18. The van der Waals surface area contributed by atoms with Crippen molar-refractivity contribution in [3.8, 4) is 5.82 Å². The molecule has 0 unspecified atom stereocenters. The zero-order chi connectivity index (χ0) is 18.9. The van der Waals surface area contributed by atoms with Gasteiger partial charge in [-0.15, -0.1) is 0 Å². The molecule has 140 valence electrons. The predicted molar refractivity (Wildman–Crippen MR) is 98.2 cm³/mol. The number of hydrogen-bond acceptors (Lipinski definition) is 7. The van der Waals surface area contributed by atoms with E-state index >= 15 is 0 Å². The molecule has 1 saturated heterocycles. The fourth-order valence-corrected chi connectivity index (χ4v) is 2.88. The Hall–Kier alpha value is -2.84. The quantitative estimate of drug-likeness (QED) is 0.870. The van der Waals surface area contributed by atoms with Crippen molar-refractivity contribution < 1.29 is 9.53 Å². The van der Waals surface area contributed by atoms with Gasteiger partial charge >= 0.3 is 6.09 Å². The first-order valence-electron chi connectivity index (χ1n) is 8.62. The van der Waals surface area contributed by atoms with E-state index < -0.39 is 5.60 Å². The van der Waals surface area contributed by atoms with Gasteiger partial charge in [-0.05, 0) is 33.8 Å². The normalized spacial score (nSPS) is 18.1. The largest absolute Gasteiger partial charge is 0.444 e. The Balaban J connectivity index is 1.74. The number of carbonyl (C=O) groups is 1. The number of ether oxygens (including phenoxy) is 1. The second kappa shape index (κ2) is 6.81. The summed E-state index contributed by atoms with van der Waals surface area (Å²) in [4.78, 5) is 24.8. The number of rotatable bonds is 2. The molecular formula is C17H25N7O2. The van der Waals surface area contributed by atoms with E-state index in [1.807, 2.05) is 39.8 Å². The van der Waals surface area contributed by atoms with Gasteiger partial charge in [0, 0.05) is 44.1 Å². The Morgan fingerprint density at radius 3 is 2.62 bits per heavy atom. The smallest absolute Gasteiger partial charge is 0.410 e. The molecular weight excluding hydrogens is 334 g/mol. The number of piperazine rings is 1. The molecule has 2 N–H and O–H groups in total. The molecule has 2 aromatic rings. The third kappa shape index (κ3) is 4.04. The van der Waals surface area contributed by atoms with Crippen molar-refractivity contribution in [2.45, 2.75) is 39.3 Å². The maximum absolute atomic E-state index is 12.4. The Morgan fingerprint density at radius 1 is 1.27 bits per heavy atom. The highest BCUT2D eigenvalue weighted by molar-refractivity contribution is 5.69. The third-order valence-corrected chi connectivity index (χ3v) is 4.04. The molecule has 2 aromatic heterocycles. The number of nitrogens with zero attached hydrogens (tertiary/aromatic N) is 6. The molecule has 1 fully saturated rings. The summed E-state index contributed by atoms with van der Waals surface area (Å²) >= 11 is 0. The molecule has 9 nitrogen and oxygen atoms in total. The van der Waals surface area contributed by atoms with Crippen LogP contribution in [0.1, 0.15) is 27.7 Å². The van der Waals surface area contributed by atoms with E-state index in [4.69, 9.17) is 10.5 Å². The molecule has 0 aromatic carbocycles. The van der Waals surface area contributed by atoms with Gasteiger partial charge in [0.15, 0.2) is 5.82 Å². The monoisotopic (exact) mass is 359 g/mol. The fraction of sp³-hybridized carbons (Fsp3) is 0.529.